The van der Waals surface area contributed by atoms with E-state index in [0.717, 1.165) is 17.7 Å². The van der Waals surface area contributed by atoms with Gasteiger partial charge in [0.2, 0.25) is 0 Å². The summed E-state index contributed by atoms with van der Waals surface area (Å²) in [6.07, 6.45) is 5.65. The SMILES string of the molecule is CN1CCc2cc(NC(=O)c3cnn4cccnc34)c(N3CCOCC3)cc2C1=O. The van der Waals surface area contributed by atoms with Crippen LogP contribution in [0.5, 0.6) is 0 Å². The third-order valence-electron chi connectivity index (χ3n) is 5.64. The molecule has 1 saturated heterocycles. The average molecular weight is 406 g/mol. The predicted octanol–water partition coefficient (Wildman–Crippen LogP) is 1.45. The van der Waals surface area contributed by atoms with Crippen LogP contribution in [0.15, 0.2) is 36.8 Å². The number of rotatable bonds is 3. The van der Waals surface area contributed by atoms with Gasteiger partial charge in [0.1, 0.15) is 5.56 Å². The van der Waals surface area contributed by atoms with Crippen LogP contribution in [-0.2, 0) is 11.2 Å². The molecule has 3 aromatic rings. The number of hydrogen-bond donors (Lipinski definition) is 1. The maximum absolute atomic E-state index is 13.1. The van der Waals surface area contributed by atoms with Gasteiger partial charge in [-0.1, -0.05) is 0 Å². The molecule has 0 atom stereocenters. The van der Waals surface area contributed by atoms with E-state index in [1.165, 1.54) is 6.20 Å². The summed E-state index contributed by atoms with van der Waals surface area (Å²) < 4.78 is 7.05. The van der Waals surface area contributed by atoms with Gasteiger partial charge < -0.3 is 19.9 Å². The van der Waals surface area contributed by atoms with Crippen molar-refractivity contribution in [3.05, 3.63) is 53.5 Å². The molecule has 0 aliphatic carbocycles. The first-order valence-corrected chi connectivity index (χ1v) is 9.96. The fourth-order valence-corrected chi connectivity index (χ4v) is 3.98. The topological polar surface area (TPSA) is 92.1 Å². The van der Waals surface area contributed by atoms with E-state index in [-0.39, 0.29) is 11.8 Å². The first-order valence-electron chi connectivity index (χ1n) is 9.96. The number of aromatic nitrogens is 3. The molecule has 2 aliphatic heterocycles. The lowest BCUT2D eigenvalue weighted by Crippen LogP contribution is -2.38. The van der Waals surface area contributed by atoms with Gasteiger partial charge >= 0.3 is 0 Å². The Morgan fingerprint density at radius 3 is 2.87 bits per heavy atom. The maximum Gasteiger partial charge on any atom is 0.261 e. The lowest BCUT2D eigenvalue weighted by atomic mass is 9.97. The van der Waals surface area contributed by atoms with Crippen molar-refractivity contribution in [2.24, 2.45) is 0 Å². The molecule has 0 bridgehead atoms. The normalized spacial score (nSPS) is 16.6. The van der Waals surface area contributed by atoms with Gasteiger partial charge in [0.05, 0.1) is 30.8 Å². The molecule has 2 amide bonds. The van der Waals surface area contributed by atoms with Gasteiger partial charge in [0.25, 0.3) is 11.8 Å². The number of fused-ring (bicyclic) bond motifs is 2. The largest absolute Gasteiger partial charge is 0.378 e. The van der Waals surface area contributed by atoms with Crippen molar-refractivity contribution < 1.29 is 14.3 Å². The van der Waals surface area contributed by atoms with Crippen molar-refractivity contribution in [1.29, 1.82) is 0 Å². The van der Waals surface area contributed by atoms with Gasteiger partial charge in [-0.3, -0.25) is 9.59 Å². The molecule has 0 spiro atoms. The van der Waals surface area contributed by atoms with Gasteiger partial charge in [0.15, 0.2) is 5.65 Å². The number of carbonyl (C=O) groups is 2. The Hall–Kier alpha value is -3.46. The van der Waals surface area contributed by atoms with Crippen LogP contribution in [0.4, 0.5) is 11.4 Å². The molecule has 30 heavy (non-hydrogen) atoms. The molecular weight excluding hydrogens is 384 g/mol. The second-order valence-electron chi connectivity index (χ2n) is 7.50. The Kier molecular flexibility index (Phi) is 4.59. The van der Waals surface area contributed by atoms with Gasteiger partial charge in [-0.2, -0.15) is 5.10 Å². The zero-order chi connectivity index (χ0) is 20.7. The summed E-state index contributed by atoms with van der Waals surface area (Å²) in [4.78, 5) is 33.9. The highest BCUT2D eigenvalue weighted by molar-refractivity contribution is 6.10. The molecule has 1 N–H and O–H groups in total. The highest BCUT2D eigenvalue weighted by atomic mass is 16.5. The first-order chi connectivity index (χ1) is 14.6. The fraction of sp³-hybridized carbons (Fsp3) is 0.333. The zero-order valence-corrected chi connectivity index (χ0v) is 16.7. The summed E-state index contributed by atoms with van der Waals surface area (Å²) in [6.45, 7) is 3.27. The molecule has 5 rings (SSSR count). The summed E-state index contributed by atoms with van der Waals surface area (Å²) in [6, 6.07) is 5.60. The molecule has 0 radical (unpaired) electrons. The van der Waals surface area contributed by atoms with Crippen LogP contribution in [0, 0.1) is 0 Å². The molecule has 154 valence electrons. The zero-order valence-electron chi connectivity index (χ0n) is 16.7. The van der Waals surface area contributed by atoms with Crippen LogP contribution in [0.3, 0.4) is 0 Å². The van der Waals surface area contributed by atoms with E-state index in [1.54, 1.807) is 27.9 Å². The Balaban J connectivity index is 1.54. The summed E-state index contributed by atoms with van der Waals surface area (Å²) in [5.74, 6) is -0.270. The third kappa shape index (κ3) is 3.17. The van der Waals surface area contributed by atoms with Crippen molar-refractivity contribution in [2.75, 3.05) is 50.1 Å². The van der Waals surface area contributed by atoms with Crippen LogP contribution in [0.25, 0.3) is 5.65 Å². The number of nitrogens with one attached hydrogen (secondary N) is 1. The van der Waals surface area contributed by atoms with Crippen molar-refractivity contribution in [3.8, 4) is 0 Å². The minimum atomic E-state index is -0.280. The lowest BCUT2D eigenvalue weighted by molar-refractivity contribution is 0.0781. The second kappa shape index (κ2) is 7.42. The van der Waals surface area contributed by atoms with E-state index >= 15 is 0 Å². The van der Waals surface area contributed by atoms with Crippen molar-refractivity contribution in [2.45, 2.75) is 6.42 Å². The van der Waals surface area contributed by atoms with Gasteiger partial charge in [-0.05, 0) is 30.2 Å². The summed E-state index contributed by atoms with van der Waals surface area (Å²) >= 11 is 0. The number of amides is 2. The Morgan fingerprint density at radius 1 is 1.20 bits per heavy atom. The number of benzene rings is 1. The van der Waals surface area contributed by atoms with Crippen LogP contribution in [0.1, 0.15) is 26.3 Å². The Morgan fingerprint density at radius 2 is 2.03 bits per heavy atom. The van der Waals surface area contributed by atoms with Crippen molar-refractivity contribution in [1.82, 2.24) is 19.5 Å². The monoisotopic (exact) mass is 406 g/mol. The molecule has 0 saturated carbocycles. The number of carbonyl (C=O) groups excluding carboxylic acids is 2. The average Bonchev–Trinajstić information content (AvgIpc) is 3.21. The third-order valence-corrected chi connectivity index (χ3v) is 5.64. The highest BCUT2D eigenvalue weighted by Gasteiger charge is 2.26. The smallest absolute Gasteiger partial charge is 0.261 e. The highest BCUT2D eigenvalue weighted by Crippen LogP contribution is 2.33. The van der Waals surface area contributed by atoms with E-state index in [9.17, 15) is 9.59 Å². The minimum absolute atomic E-state index is 0.00969. The van der Waals surface area contributed by atoms with Gasteiger partial charge in [-0.25, -0.2) is 9.50 Å². The Bertz CT molecular complexity index is 1130. The second-order valence-corrected chi connectivity index (χ2v) is 7.50. The summed E-state index contributed by atoms with van der Waals surface area (Å²) in [7, 11) is 1.81. The number of hydrogen-bond acceptors (Lipinski definition) is 6. The van der Waals surface area contributed by atoms with Gasteiger partial charge in [-0.15, -0.1) is 0 Å². The lowest BCUT2D eigenvalue weighted by Gasteiger charge is -2.33. The molecule has 1 aromatic carbocycles. The molecule has 2 aromatic heterocycles. The summed E-state index contributed by atoms with van der Waals surface area (Å²) in [5.41, 5.74) is 4.06. The molecule has 2 aliphatic rings. The van der Waals surface area contributed by atoms with E-state index in [1.807, 2.05) is 19.2 Å². The van der Waals surface area contributed by atoms with Crippen molar-refractivity contribution in [3.63, 3.8) is 0 Å². The van der Waals surface area contributed by atoms with Gasteiger partial charge in [0, 0.05) is 44.6 Å². The van der Waals surface area contributed by atoms with Crippen LogP contribution in [0.2, 0.25) is 0 Å². The van der Waals surface area contributed by atoms with E-state index in [0.29, 0.717) is 55.3 Å². The van der Waals surface area contributed by atoms with Crippen molar-refractivity contribution >= 4 is 28.8 Å². The maximum atomic E-state index is 13.1. The van der Waals surface area contributed by atoms with E-state index in [2.05, 4.69) is 20.3 Å². The fourth-order valence-electron chi connectivity index (χ4n) is 3.98. The molecule has 4 heterocycles. The number of nitrogens with zero attached hydrogens (tertiary/aromatic N) is 5. The quantitative estimate of drug-likeness (QED) is 0.708. The van der Waals surface area contributed by atoms with E-state index in [4.69, 9.17) is 4.74 Å². The molecular formula is C21H22N6O3. The molecule has 9 heteroatoms. The number of likely N-dealkylation sites (N-methyl/N-ethyl adjacent to an activating group) is 1. The summed E-state index contributed by atoms with van der Waals surface area (Å²) in [5, 5.41) is 7.24. The van der Waals surface area contributed by atoms with E-state index < -0.39 is 0 Å². The molecule has 9 nitrogen and oxygen atoms in total. The number of morpholine rings is 1. The Labute approximate surface area is 173 Å². The molecule has 0 unspecified atom stereocenters. The van der Waals surface area contributed by atoms with Crippen LogP contribution >= 0.6 is 0 Å². The van der Waals surface area contributed by atoms with Crippen LogP contribution in [-0.4, -0.2) is 71.2 Å². The minimum Gasteiger partial charge on any atom is -0.378 e. The number of ether oxygens (including phenoxy) is 1. The standard InChI is InChI=1S/C21H22N6O3/c1-25-6-3-14-11-17(18(12-15(14)21(25)29)26-7-9-30-10-8-26)24-20(28)16-13-23-27-5-2-4-22-19(16)27/h2,4-5,11-13H,3,6-10H2,1H3,(H,24,28). The van der Waals surface area contributed by atoms with Crippen LogP contribution < -0.4 is 10.2 Å². The first kappa shape index (κ1) is 18.6. The number of anilines is 2. The predicted molar refractivity (Wildman–Crippen MR) is 111 cm³/mol. The molecule has 1 fully saturated rings.